The molecule has 2 aromatic heterocycles. The van der Waals surface area contributed by atoms with Gasteiger partial charge in [-0.1, -0.05) is 23.7 Å². The van der Waals surface area contributed by atoms with Gasteiger partial charge < -0.3 is 15.3 Å². The van der Waals surface area contributed by atoms with Gasteiger partial charge in [-0.3, -0.25) is 14.2 Å². The number of carbonyl (C=O) groups excluding carboxylic acids is 1. The third-order valence-corrected chi connectivity index (χ3v) is 5.31. The maximum atomic E-state index is 12.9. The normalized spacial score (nSPS) is 11.0. The highest BCUT2D eigenvalue weighted by Gasteiger charge is 2.11. The first-order chi connectivity index (χ1) is 14.5. The van der Waals surface area contributed by atoms with Crippen LogP contribution in [0.2, 0.25) is 5.02 Å². The Morgan fingerprint density at radius 2 is 2.00 bits per heavy atom. The van der Waals surface area contributed by atoms with Crippen molar-refractivity contribution < 1.29 is 4.79 Å². The van der Waals surface area contributed by atoms with Crippen LogP contribution < -0.4 is 10.9 Å². The Morgan fingerprint density at radius 3 is 2.73 bits per heavy atom. The van der Waals surface area contributed by atoms with Gasteiger partial charge in [-0.2, -0.15) is 0 Å². The monoisotopic (exact) mass is 439 g/mol. The fourth-order valence-corrected chi connectivity index (χ4v) is 3.53. The molecule has 4 rings (SSSR count). The molecule has 152 valence electrons. The van der Waals surface area contributed by atoms with E-state index in [1.165, 1.54) is 4.57 Å². The number of hydrogen-bond acceptors (Lipinski definition) is 4. The summed E-state index contributed by atoms with van der Waals surface area (Å²) < 4.78 is 1.78. The van der Waals surface area contributed by atoms with Crippen molar-refractivity contribution in [1.29, 1.82) is 0 Å². The number of H-pyrrole nitrogens is 2. The lowest BCUT2D eigenvalue weighted by Crippen LogP contribution is -2.26. The number of rotatable bonds is 6. The average Bonchev–Trinajstić information content (AvgIpc) is 3.25. The summed E-state index contributed by atoms with van der Waals surface area (Å²) in [6.07, 6.45) is 3.97. The van der Waals surface area contributed by atoms with Gasteiger partial charge in [0.25, 0.3) is 11.5 Å². The maximum absolute atomic E-state index is 12.9. The Labute approximate surface area is 181 Å². The van der Waals surface area contributed by atoms with Gasteiger partial charge in [-0.05, 0) is 48.1 Å². The van der Waals surface area contributed by atoms with Crippen molar-refractivity contribution in [1.82, 2.24) is 24.8 Å². The summed E-state index contributed by atoms with van der Waals surface area (Å²) in [5, 5.41) is 3.95. The Kier molecular flexibility index (Phi) is 5.78. The Morgan fingerprint density at radius 1 is 1.20 bits per heavy atom. The van der Waals surface area contributed by atoms with Crippen LogP contribution in [0.1, 0.15) is 21.6 Å². The van der Waals surface area contributed by atoms with E-state index in [0.29, 0.717) is 45.8 Å². The fourth-order valence-electron chi connectivity index (χ4n) is 3.15. The second-order valence-electron chi connectivity index (χ2n) is 6.79. The molecule has 0 aliphatic rings. The molecular formula is C21H18ClN5O2S. The fraction of sp³-hybridized carbons (Fsp3) is 0.143. The van der Waals surface area contributed by atoms with Crippen LogP contribution in [-0.4, -0.2) is 32.0 Å². The van der Waals surface area contributed by atoms with Crippen LogP contribution in [0.15, 0.2) is 59.8 Å². The van der Waals surface area contributed by atoms with E-state index in [9.17, 15) is 9.59 Å². The van der Waals surface area contributed by atoms with Crippen molar-refractivity contribution in [3.8, 4) is 0 Å². The topological polar surface area (TPSA) is 95.6 Å². The van der Waals surface area contributed by atoms with E-state index in [-0.39, 0.29) is 11.5 Å². The van der Waals surface area contributed by atoms with E-state index in [4.69, 9.17) is 23.8 Å². The van der Waals surface area contributed by atoms with Crippen LogP contribution in [0.25, 0.3) is 10.9 Å². The molecule has 0 atom stereocenters. The number of hydrogen-bond donors (Lipinski definition) is 3. The Bertz CT molecular complexity index is 1310. The number of fused-ring (bicyclic) bond motifs is 1. The van der Waals surface area contributed by atoms with Crippen molar-refractivity contribution in [2.45, 2.75) is 13.0 Å². The molecule has 0 spiro atoms. The third-order valence-electron chi connectivity index (χ3n) is 4.73. The van der Waals surface area contributed by atoms with Crippen molar-refractivity contribution in [2.24, 2.45) is 0 Å². The Balaban J connectivity index is 1.56. The Hall–Kier alpha value is -3.23. The van der Waals surface area contributed by atoms with Crippen LogP contribution in [0.4, 0.5) is 0 Å². The number of aromatic amines is 2. The molecule has 0 radical (unpaired) electrons. The molecule has 3 N–H and O–H groups in total. The summed E-state index contributed by atoms with van der Waals surface area (Å²) >= 11 is 11.3. The summed E-state index contributed by atoms with van der Waals surface area (Å²) in [7, 11) is 0. The first-order valence-electron chi connectivity index (χ1n) is 9.28. The number of nitrogens with one attached hydrogen (secondary N) is 3. The average molecular weight is 440 g/mol. The standard InChI is InChI=1S/C21H18ClN5O2S/c22-15-4-1-13(2-5-15)11-27-20(29)17-6-3-14(9-18(17)26-21(27)30)19(28)24-8-7-16-10-23-12-25-16/h1-6,9-10,12H,7-8,11H2,(H,23,25)(H,24,28)(H,26,30). The van der Waals surface area contributed by atoms with Crippen molar-refractivity contribution >= 4 is 40.6 Å². The summed E-state index contributed by atoms with van der Waals surface area (Å²) in [6, 6.07) is 12.2. The second-order valence-corrected chi connectivity index (χ2v) is 7.61. The van der Waals surface area contributed by atoms with Gasteiger partial charge >= 0.3 is 0 Å². The number of carbonyl (C=O) groups is 1. The first-order valence-corrected chi connectivity index (χ1v) is 10.1. The highest BCUT2D eigenvalue weighted by molar-refractivity contribution is 7.71. The lowest BCUT2D eigenvalue weighted by atomic mass is 10.1. The van der Waals surface area contributed by atoms with Gasteiger partial charge in [0.15, 0.2) is 4.77 Å². The molecule has 2 heterocycles. The number of aromatic nitrogens is 4. The minimum atomic E-state index is -0.221. The van der Waals surface area contributed by atoms with Crippen LogP contribution in [0.5, 0.6) is 0 Å². The van der Waals surface area contributed by atoms with Crippen LogP contribution >= 0.6 is 23.8 Å². The minimum absolute atomic E-state index is 0.213. The van der Waals surface area contributed by atoms with E-state index < -0.39 is 0 Å². The molecule has 0 saturated carbocycles. The third kappa shape index (κ3) is 4.34. The van der Waals surface area contributed by atoms with E-state index in [2.05, 4.69) is 20.3 Å². The van der Waals surface area contributed by atoms with Gasteiger partial charge in [0, 0.05) is 35.4 Å². The molecule has 0 aliphatic heterocycles. The van der Waals surface area contributed by atoms with Crippen molar-refractivity contribution in [2.75, 3.05) is 6.54 Å². The zero-order chi connectivity index (χ0) is 21.1. The summed E-state index contributed by atoms with van der Waals surface area (Å²) in [6.45, 7) is 0.800. The number of halogens is 1. The summed E-state index contributed by atoms with van der Waals surface area (Å²) in [4.78, 5) is 35.4. The van der Waals surface area contributed by atoms with Crippen LogP contribution in [-0.2, 0) is 13.0 Å². The first kappa shape index (κ1) is 20.1. The molecular weight excluding hydrogens is 422 g/mol. The predicted molar refractivity (Wildman–Crippen MR) is 119 cm³/mol. The molecule has 2 aromatic carbocycles. The highest BCUT2D eigenvalue weighted by Crippen LogP contribution is 2.13. The van der Waals surface area contributed by atoms with E-state index in [1.54, 1.807) is 42.9 Å². The maximum Gasteiger partial charge on any atom is 0.262 e. The van der Waals surface area contributed by atoms with Gasteiger partial charge in [0.1, 0.15) is 0 Å². The highest BCUT2D eigenvalue weighted by atomic mass is 35.5. The smallest absolute Gasteiger partial charge is 0.262 e. The predicted octanol–water partition coefficient (Wildman–Crippen LogP) is 3.46. The van der Waals surface area contributed by atoms with Crippen LogP contribution in [0, 0.1) is 4.77 Å². The molecule has 30 heavy (non-hydrogen) atoms. The molecule has 0 aliphatic carbocycles. The van der Waals surface area contributed by atoms with Gasteiger partial charge in [-0.15, -0.1) is 0 Å². The zero-order valence-corrected chi connectivity index (χ0v) is 17.4. The molecule has 7 nitrogen and oxygen atoms in total. The largest absolute Gasteiger partial charge is 0.352 e. The lowest BCUT2D eigenvalue weighted by Gasteiger charge is -2.10. The quantitative estimate of drug-likeness (QED) is 0.401. The van der Waals surface area contributed by atoms with Crippen molar-refractivity contribution in [3.05, 3.63) is 92.0 Å². The summed E-state index contributed by atoms with van der Waals surface area (Å²) in [5.74, 6) is -0.221. The summed E-state index contributed by atoms with van der Waals surface area (Å²) in [5.41, 5.74) is 2.62. The molecule has 0 fully saturated rings. The SMILES string of the molecule is O=C(NCCc1cnc[nH]1)c1ccc2c(=O)n(Cc3ccc(Cl)cc3)c(=S)[nH]c2c1. The molecule has 9 heteroatoms. The molecule has 0 bridgehead atoms. The molecule has 1 amide bonds. The van der Waals surface area contributed by atoms with Gasteiger partial charge in [-0.25, -0.2) is 4.98 Å². The van der Waals surface area contributed by atoms with Crippen molar-refractivity contribution in [3.63, 3.8) is 0 Å². The number of benzene rings is 2. The second kappa shape index (κ2) is 8.64. The number of amides is 1. The van der Waals surface area contributed by atoms with Crippen LogP contribution in [0.3, 0.4) is 0 Å². The zero-order valence-electron chi connectivity index (χ0n) is 15.8. The van der Waals surface area contributed by atoms with E-state index in [0.717, 1.165) is 11.3 Å². The van der Waals surface area contributed by atoms with E-state index in [1.807, 2.05) is 12.1 Å². The van der Waals surface area contributed by atoms with Gasteiger partial charge in [0.05, 0.1) is 23.8 Å². The number of imidazole rings is 1. The van der Waals surface area contributed by atoms with E-state index >= 15 is 0 Å². The van der Waals surface area contributed by atoms with Gasteiger partial charge in [0.2, 0.25) is 0 Å². The number of nitrogens with zero attached hydrogens (tertiary/aromatic N) is 2. The molecule has 4 aromatic rings. The minimum Gasteiger partial charge on any atom is -0.352 e. The molecule has 0 saturated heterocycles. The lowest BCUT2D eigenvalue weighted by molar-refractivity contribution is 0.0954. The molecule has 0 unspecified atom stereocenters.